The van der Waals surface area contributed by atoms with E-state index in [1.807, 2.05) is 48.5 Å². The molecule has 138 valence electrons. The summed E-state index contributed by atoms with van der Waals surface area (Å²) in [6.07, 6.45) is 3.11. The number of hydrogen-bond acceptors (Lipinski definition) is 3. The molecule has 0 aliphatic rings. The predicted molar refractivity (Wildman–Crippen MR) is 119 cm³/mol. The second kappa shape index (κ2) is 8.15. The van der Waals surface area contributed by atoms with E-state index in [1.54, 1.807) is 35.6 Å². The van der Waals surface area contributed by atoms with Gasteiger partial charge in [-0.1, -0.05) is 53.5 Å². The molecule has 0 aliphatic carbocycles. The lowest BCUT2D eigenvalue weighted by atomic mass is 10.1. The lowest BCUT2D eigenvalue weighted by molar-refractivity contribution is -0.111. The molecule has 0 unspecified atom stereocenters. The molecule has 0 bridgehead atoms. The maximum absolute atomic E-state index is 12.4. The van der Waals surface area contributed by atoms with Crippen molar-refractivity contribution in [3.8, 4) is 10.6 Å². The fraction of sp³-hybridized carbons (Fsp3) is 0. The molecule has 1 amide bonds. The molecule has 0 atom stereocenters. The average Bonchev–Trinajstić information content (AvgIpc) is 3.12. The normalized spacial score (nSPS) is 11.2. The molecule has 0 fully saturated rings. The summed E-state index contributed by atoms with van der Waals surface area (Å²) in [7, 11) is 0. The van der Waals surface area contributed by atoms with Crippen molar-refractivity contribution in [2.45, 2.75) is 0 Å². The molecule has 3 aromatic carbocycles. The first-order valence-corrected chi connectivity index (χ1v) is 10.1. The van der Waals surface area contributed by atoms with Crippen molar-refractivity contribution in [3.63, 3.8) is 0 Å². The highest BCUT2D eigenvalue weighted by Gasteiger charge is 2.11. The average molecular weight is 425 g/mol. The Morgan fingerprint density at radius 1 is 1.00 bits per heavy atom. The van der Waals surface area contributed by atoms with Gasteiger partial charge in [-0.25, -0.2) is 4.98 Å². The van der Waals surface area contributed by atoms with Gasteiger partial charge in [-0.3, -0.25) is 4.79 Å². The highest BCUT2D eigenvalue weighted by molar-refractivity contribution is 7.21. The lowest BCUT2D eigenvalue weighted by Gasteiger charge is -2.07. The minimum atomic E-state index is -0.250. The van der Waals surface area contributed by atoms with Crippen molar-refractivity contribution >= 4 is 62.4 Å². The number of halogens is 2. The number of para-hydroxylation sites is 2. The molecule has 6 heteroatoms. The van der Waals surface area contributed by atoms with Gasteiger partial charge in [0, 0.05) is 21.7 Å². The molecule has 0 saturated heterocycles. The number of carbonyl (C=O) groups excluding carboxylic acids is 1. The second-order valence-electron chi connectivity index (χ2n) is 6.02. The molecule has 1 heterocycles. The van der Waals surface area contributed by atoms with Gasteiger partial charge in [-0.2, -0.15) is 0 Å². The summed E-state index contributed by atoms with van der Waals surface area (Å²) in [6, 6.07) is 20.7. The highest BCUT2D eigenvalue weighted by Crippen LogP contribution is 2.34. The second-order valence-corrected chi connectivity index (χ2v) is 7.90. The van der Waals surface area contributed by atoms with Gasteiger partial charge in [0.2, 0.25) is 5.91 Å². The number of thiazole rings is 1. The van der Waals surface area contributed by atoms with E-state index in [9.17, 15) is 4.79 Å². The van der Waals surface area contributed by atoms with E-state index in [-0.39, 0.29) is 5.91 Å². The summed E-state index contributed by atoms with van der Waals surface area (Å²) < 4.78 is 1.11. The molecule has 4 aromatic rings. The van der Waals surface area contributed by atoms with Crippen molar-refractivity contribution < 1.29 is 4.79 Å². The van der Waals surface area contributed by atoms with Crippen LogP contribution in [0.4, 0.5) is 5.69 Å². The van der Waals surface area contributed by atoms with E-state index in [1.165, 1.54) is 6.08 Å². The van der Waals surface area contributed by atoms with Crippen molar-refractivity contribution in [1.29, 1.82) is 0 Å². The van der Waals surface area contributed by atoms with E-state index in [0.717, 1.165) is 26.4 Å². The summed E-state index contributed by atoms with van der Waals surface area (Å²) in [5.41, 5.74) is 3.26. The summed E-state index contributed by atoms with van der Waals surface area (Å²) >= 11 is 13.6. The number of rotatable bonds is 4. The zero-order valence-corrected chi connectivity index (χ0v) is 16.9. The van der Waals surface area contributed by atoms with Gasteiger partial charge in [0.1, 0.15) is 5.01 Å². The largest absolute Gasteiger partial charge is 0.322 e. The van der Waals surface area contributed by atoms with Gasteiger partial charge in [0.05, 0.1) is 15.9 Å². The van der Waals surface area contributed by atoms with Crippen LogP contribution in [0.15, 0.2) is 72.8 Å². The number of nitrogens with zero attached hydrogens (tertiary/aromatic N) is 1. The van der Waals surface area contributed by atoms with Crippen molar-refractivity contribution in [3.05, 3.63) is 88.4 Å². The Kier molecular flexibility index (Phi) is 5.44. The van der Waals surface area contributed by atoms with Crippen LogP contribution in [0, 0.1) is 0 Å². The van der Waals surface area contributed by atoms with E-state index in [4.69, 9.17) is 23.2 Å². The SMILES string of the molecule is O=C(C=Cc1ccc(Cl)cc1Cl)Nc1ccccc1-c1nc2ccccc2s1. The van der Waals surface area contributed by atoms with E-state index in [2.05, 4.69) is 10.3 Å². The minimum absolute atomic E-state index is 0.250. The molecule has 1 aromatic heterocycles. The van der Waals surface area contributed by atoms with Crippen LogP contribution in [0.2, 0.25) is 10.0 Å². The molecule has 4 rings (SSSR count). The molecule has 0 aliphatic heterocycles. The summed E-state index contributed by atoms with van der Waals surface area (Å²) in [6.45, 7) is 0. The Morgan fingerprint density at radius 2 is 1.79 bits per heavy atom. The number of anilines is 1. The zero-order valence-electron chi connectivity index (χ0n) is 14.5. The molecular weight excluding hydrogens is 411 g/mol. The molecule has 0 saturated carbocycles. The molecule has 3 nitrogen and oxygen atoms in total. The fourth-order valence-corrected chi connectivity index (χ4v) is 4.22. The summed E-state index contributed by atoms with van der Waals surface area (Å²) in [4.78, 5) is 17.1. The Balaban J connectivity index is 1.58. The van der Waals surface area contributed by atoms with Crippen LogP contribution in [-0.2, 0) is 4.79 Å². The predicted octanol–water partition coefficient (Wildman–Crippen LogP) is 6.92. The standard InChI is InChI=1S/C22H14Cl2N2OS/c23-15-11-9-14(17(24)13-15)10-12-21(27)25-18-6-2-1-5-16(18)22-26-19-7-3-4-8-20(19)28-22/h1-13H,(H,25,27). The number of hydrogen-bond donors (Lipinski definition) is 1. The third-order valence-electron chi connectivity index (χ3n) is 4.09. The van der Waals surface area contributed by atoms with Crippen molar-refractivity contribution in [2.75, 3.05) is 5.32 Å². The Hall–Kier alpha value is -2.66. The molecule has 1 N–H and O–H groups in total. The first kappa shape index (κ1) is 18.7. The van der Waals surface area contributed by atoms with Gasteiger partial charge in [-0.05, 0) is 48.0 Å². The maximum Gasteiger partial charge on any atom is 0.248 e. The van der Waals surface area contributed by atoms with Gasteiger partial charge in [0.25, 0.3) is 0 Å². The Bertz CT molecular complexity index is 1170. The van der Waals surface area contributed by atoms with Gasteiger partial charge in [-0.15, -0.1) is 11.3 Å². The maximum atomic E-state index is 12.4. The van der Waals surface area contributed by atoms with Crippen LogP contribution >= 0.6 is 34.5 Å². The minimum Gasteiger partial charge on any atom is -0.322 e. The smallest absolute Gasteiger partial charge is 0.248 e. The fourth-order valence-electron chi connectivity index (χ4n) is 2.74. The van der Waals surface area contributed by atoms with Crippen LogP contribution in [-0.4, -0.2) is 10.9 Å². The molecule has 0 spiro atoms. The van der Waals surface area contributed by atoms with Crippen LogP contribution in [0.3, 0.4) is 0 Å². The van der Waals surface area contributed by atoms with Crippen LogP contribution in [0.1, 0.15) is 5.56 Å². The van der Waals surface area contributed by atoms with Gasteiger partial charge >= 0.3 is 0 Å². The first-order valence-electron chi connectivity index (χ1n) is 8.49. The van der Waals surface area contributed by atoms with Gasteiger partial charge < -0.3 is 5.32 Å². The number of benzene rings is 3. The highest BCUT2D eigenvalue weighted by atomic mass is 35.5. The number of amides is 1. The van der Waals surface area contributed by atoms with Crippen molar-refractivity contribution in [1.82, 2.24) is 4.98 Å². The monoisotopic (exact) mass is 424 g/mol. The van der Waals surface area contributed by atoms with E-state index in [0.29, 0.717) is 15.7 Å². The summed E-state index contributed by atoms with van der Waals surface area (Å²) in [5, 5.41) is 4.83. The third kappa shape index (κ3) is 4.09. The van der Waals surface area contributed by atoms with Crippen LogP contribution in [0.25, 0.3) is 26.9 Å². The van der Waals surface area contributed by atoms with Crippen LogP contribution in [0.5, 0.6) is 0 Å². The van der Waals surface area contributed by atoms with Crippen molar-refractivity contribution in [2.24, 2.45) is 0 Å². The third-order valence-corrected chi connectivity index (χ3v) is 5.72. The Labute approximate surface area is 176 Å². The summed E-state index contributed by atoms with van der Waals surface area (Å²) in [5.74, 6) is -0.250. The number of nitrogens with one attached hydrogen (secondary N) is 1. The van der Waals surface area contributed by atoms with Gasteiger partial charge in [0.15, 0.2) is 0 Å². The van der Waals surface area contributed by atoms with Crippen LogP contribution < -0.4 is 5.32 Å². The zero-order chi connectivity index (χ0) is 19.5. The molecule has 28 heavy (non-hydrogen) atoms. The molecule has 0 radical (unpaired) electrons. The quantitative estimate of drug-likeness (QED) is 0.361. The lowest BCUT2D eigenvalue weighted by Crippen LogP contribution is -2.08. The molecular formula is C22H14Cl2N2OS. The number of fused-ring (bicyclic) bond motifs is 1. The van der Waals surface area contributed by atoms with E-state index >= 15 is 0 Å². The first-order chi connectivity index (χ1) is 13.6. The topological polar surface area (TPSA) is 42.0 Å². The van der Waals surface area contributed by atoms with E-state index < -0.39 is 0 Å². The number of carbonyl (C=O) groups is 1. The Morgan fingerprint density at radius 3 is 2.61 bits per heavy atom. The number of aromatic nitrogens is 1.